The molecule has 1 aromatic heterocycles. The Labute approximate surface area is 364 Å². The Morgan fingerprint density at radius 3 is 2.42 bits per heavy atom. The van der Waals surface area contributed by atoms with Crippen molar-refractivity contribution in [2.75, 3.05) is 4.90 Å². The summed E-state index contributed by atoms with van der Waals surface area (Å²) in [6.07, 6.45) is 25.7. The van der Waals surface area contributed by atoms with Gasteiger partial charge in [-0.15, -0.1) is 0 Å². The topological polar surface area (TPSA) is 32.9 Å². The van der Waals surface area contributed by atoms with Crippen molar-refractivity contribution >= 4 is 56.3 Å². The van der Waals surface area contributed by atoms with E-state index in [4.69, 9.17) is 9.98 Å². The van der Waals surface area contributed by atoms with Gasteiger partial charge in [0.15, 0.2) is 0 Å². The van der Waals surface area contributed by atoms with E-state index in [1.54, 1.807) is 0 Å². The van der Waals surface area contributed by atoms with Gasteiger partial charge in [0, 0.05) is 27.6 Å². The normalized spacial score (nSPS) is 25.9. The minimum atomic E-state index is -0.430. The second kappa shape index (κ2) is 13.9. The molecule has 5 unspecified atom stereocenters. The van der Waals surface area contributed by atoms with Crippen molar-refractivity contribution in [1.29, 1.82) is 0 Å². The zero-order valence-electron chi connectivity index (χ0n) is 35.9. The molecule has 4 heteroatoms. The number of benzene rings is 5. The number of hydrogen-bond acceptors (Lipinski definition) is 3. The fraction of sp³-hybridized carbons (Fsp3) is 0.207. The smallest absolute Gasteiger partial charge is 0.104 e. The molecular weight excluding hydrogens is 753 g/mol. The average molecular weight is 803 g/mol. The number of hydrogen-bond donors (Lipinski definition) is 0. The predicted octanol–water partition coefficient (Wildman–Crippen LogP) is 14.0. The molecule has 0 N–H and O–H groups in total. The van der Waals surface area contributed by atoms with Gasteiger partial charge < -0.3 is 9.47 Å². The second-order valence-corrected chi connectivity index (χ2v) is 18.6. The molecule has 0 radical (unpaired) electrons. The third kappa shape index (κ3) is 5.45. The molecule has 0 bridgehead atoms. The fourth-order valence-electron chi connectivity index (χ4n) is 11.4. The molecule has 62 heavy (non-hydrogen) atoms. The summed E-state index contributed by atoms with van der Waals surface area (Å²) < 4.78 is 2.48. The number of aromatic nitrogens is 1. The third-order valence-electron chi connectivity index (χ3n) is 14.6. The Morgan fingerprint density at radius 1 is 0.726 bits per heavy atom. The number of fused-ring (bicyclic) bond motifs is 10. The van der Waals surface area contributed by atoms with E-state index in [0.717, 1.165) is 42.1 Å². The average Bonchev–Trinajstić information content (AvgIpc) is 3.78. The van der Waals surface area contributed by atoms with E-state index in [0.29, 0.717) is 11.8 Å². The van der Waals surface area contributed by atoms with Gasteiger partial charge in [0.25, 0.3) is 0 Å². The van der Waals surface area contributed by atoms with Crippen LogP contribution < -0.4 is 4.90 Å². The zero-order valence-corrected chi connectivity index (χ0v) is 35.9. The van der Waals surface area contributed by atoms with E-state index in [9.17, 15) is 0 Å². The Balaban J connectivity index is 1.00. The molecule has 2 aliphatic heterocycles. The molecule has 5 atom stereocenters. The van der Waals surface area contributed by atoms with Gasteiger partial charge in [-0.25, -0.2) is 4.99 Å². The van der Waals surface area contributed by atoms with Crippen LogP contribution >= 0.6 is 0 Å². The molecule has 6 aromatic rings. The molecule has 0 fully saturated rings. The molecule has 12 rings (SSSR count). The molecule has 0 amide bonds. The van der Waals surface area contributed by atoms with E-state index in [-0.39, 0.29) is 11.5 Å². The van der Waals surface area contributed by atoms with Crippen molar-refractivity contribution in [2.45, 2.75) is 64.0 Å². The highest BCUT2D eigenvalue weighted by molar-refractivity contribution is 6.54. The SMILES string of the molecule is CC1C=CC=C(C2=NC3(C)CC=C(c4cccc(-n5c6ccccc6c6c7c(ccc65)C5(C)c6ccccc6C=CC5N7c5ccccc5)c4)C=C3N=C2C2=CC=CCC2C)C1. The summed E-state index contributed by atoms with van der Waals surface area (Å²) in [5, 5.41) is 2.55. The Morgan fingerprint density at radius 2 is 1.55 bits per heavy atom. The maximum atomic E-state index is 5.63. The van der Waals surface area contributed by atoms with Gasteiger partial charge in [-0.05, 0) is 126 Å². The number of rotatable bonds is 5. The quantitative estimate of drug-likeness (QED) is 0.171. The van der Waals surface area contributed by atoms with Crippen LogP contribution in [-0.4, -0.2) is 27.6 Å². The summed E-state index contributed by atoms with van der Waals surface area (Å²) in [5.41, 5.74) is 17.6. The Bertz CT molecular complexity index is 3180. The van der Waals surface area contributed by atoms with Crippen LogP contribution in [0.2, 0.25) is 0 Å². The van der Waals surface area contributed by atoms with Crippen LogP contribution in [0.25, 0.3) is 39.1 Å². The first-order chi connectivity index (χ1) is 30.3. The number of nitrogens with zero attached hydrogens (tertiary/aromatic N) is 4. The highest BCUT2D eigenvalue weighted by Gasteiger charge is 2.51. The van der Waals surface area contributed by atoms with Crippen molar-refractivity contribution in [1.82, 2.24) is 4.57 Å². The van der Waals surface area contributed by atoms with Crippen LogP contribution in [0, 0.1) is 11.8 Å². The van der Waals surface area contributed by atoms with E-state index in [1.165, 1.54) is 72.2 Å². The van der Waals surface area contributed by atoms with Crippen molar-refractivity contribution in [3.05, 3.63) is 209 Å². The summed E-state index contributed by atoms with van der Waals surface area (Å²) in [5.74, 6) is 0.861. The highest BCUT2D eigenvalue weighted by atomic mass is 15.2. The monoisotopic (exact) mass is 802 g/mol. The number of allylic oxidation sites excluding steroid dienone is 10. The molecule has 0 saturated heterocycles. The number of para-hydroxylation sites is 2. The van der Waals surface area contributed by atoms with Gasteiger partial charge in [0.1, 0.15) is 5.54 Å². The van der Waals surface area contributed by atoms with Crippen molar-refractivity contribution in [3.63, 3.8) is 0 Å². The van der Waals surface area contributed by atoms with Gasteiger partial charge in [-0.2, -0.15) is 0 Å². The predicted molar refractivity (Wildman–Crippen MR) is 261 cm³/mol. The summed E-state index contributed by atoms with van der Waals surface area (Å²) in [7, 11) is 0. The molecule has 302 valence electrons. The van der Waals surface area contributed by atoms with Gasteiger partial charge in [-0.3, -0.25) is 4.99 Å². The zero-order chi connectivity index (χ0) is 41.7. The van der Waals surface area contributed by atoms with Gasteiger partial charge in [0.05, 0.1) is 39.9 Å². The summed E-state index contributed by atoms with van der Waals surface area (Å²) in [6.45, 7) is 9.33. The molecule has 0 spiro atoms. The van der Waals surface area contributed by atoms with Crippen LogP contribution in [0.4, 0.5) is 11.4 Å². The number of aliphatic imine (C=N–C) groups is 2. The molecule has 0 saturated carbocycles. The lowest BCUT2D eigenvalue weighted by molar-refractivity contribution is 0.530. The Kier molecular flexibility index (Phi) is 8.28. The van der Waals surface area contributed by atoms with Gasteiger partial charge in [0.2, 0.25) is 0 Å². The molecular formula is C58H50N4. The van der Waals surface area contributed by atoms with Crippen molar-refractivity contribution < 1.29 is 0 Å². The molecule has 5 aromatic carbocycles. The fourth-order valence-corrected chi connectivity index (χ4v) is 11.4. The molecule has 4 aliphatic carbocycles. The summed E-state index contributed by atoms with van der Waals surface area (Å²) in [6, 6.07) is 43.0. The molecule has 4 nitrogen and oxygen atoms in total. The van der Waals surface area contributed by atoms with Crippen molar-refractivity contribution in [2.24, 2.45) is 21.8 Å². The van der Waals surface area contributed by atoms with Gasteiger partial charge in [-0.1, -0.05) is 147 Å². The van der Waals surface area contributed by atoms with Crippen LogP contribution in [0.15, 0.2) is 197 Å². The third-order valence-corrected chi connectivity index (χ3v) is 14.6. The first kappa shape index (κ1) is 37.0. The van der Waals surface area contributed by atoms with Crippen LogP contribution in [0.5, 0.6) is 0 Å². The minimum absolute atomic E-state index is 0.125. The summed E-state index contributed by atoms with van der Waals surface area (Å²) >= 11 is 0. The van der Waals surface area contributed by atoms with Crippen molar-refractivity contribution in [3.8, 4) is 5.69 Å². The van der Waals surface area contributed by atoms with E-state index in [2.05, 4.69) is 213 Å². The molecule has 6 aliphatic rings. The van der Waals surface area contributed by atoms with E-state index < -0.39 is 5.54 Å². The minimum Gasteiger partial charge on any atom is -0.332 e. The van der Waals surface area contributed by atoms with Crippen LogP contribution in [-0.2, 0) is 5.41 Å². The first-order valence-electron chi connectivity index (χ1n) is 22.5. The first-order valence-corrected chi connectivity index (χ1v) is 22.5. The Hall–Kier alpha value is -6.78. The maximum absolute atomic E-state index is 5.63. The van der Waals surface area contributed by atoms with Crippen LogP contribution in [0.3, 0.4) is 0 Å². The number of anilines is 2. The lowest BCUT2D eigenvalue weighted by Gasteiger charge is -2.39. The van der Waals surface area contributed by atoms with Crippen LogP contribution in [0.1, 0.15) is 69.2 Å². The lowest BCUT2D eigenvalue weighted by atomic mass is 9.68. The summed E-state index contributed by atoms with van der Waals surface area (Å²) in [4.78, 5) is 13.8. The van der Waals surface area contributed by atoms with Gasteiger partial charge >= 0.3 is 0 Å². The maximum Gasteiger partial charge on any atom is 0.104 e. The standard InChI is InChI=1S/C58H50N4/c1-37-16-14-20-42(34-37)54-55(45-24-10-8-17-38(45)2)59-51-36-41(32-33-57(51,3)60-54)40-19-15-23-44(35-40)61-49-27-13-11-25-46(49)53-50(61)30-29-48-56(53)62(43-21-6-5-7-22-43)52-31-28-39-18-9-12-26-47(39)58(48,52)4/h5-16,18-32,35-38,52H,17,33-34H2,1-4H3. The van der Waals surface area contributed by atoms with E-state index in [1.807, 2.05) is 0 Å². The molecule has 3 heterocycles. The second-order valence-electron chi connectivity index (χ2n) is 18.6. The highest BCUT2D eigenvalue weighted by Crippen LogP contribution is 2.58. The lowest BCUT2D eigenvalue weighted by Crippen LogP contribution is -2.42. The largest absolute Gasteiger partial charge is 0.332 e. The van der Waals surface area contributed by atoms with E-state index >= 15 is 0 Å².